The summed E-state index contributed by atoms with van der Waals surface area (Å²) >= 11 is 1.07. The van der Waals surface area contributed by atoms with Gasteiger partial charge in [-0.25, -0.2) is 18.0 Å². The Morgan fingerprint density at radius 3 is 2.67 bits per heavy atom. The zero-order chi connectivity index (χ0) is 13.8. The lowest BCUT2D eigenvalue weighted by atomic mass is 10.3. The van der Waals surface area contributed by atoms with Crippen molar-refractivity contribution in [3.63, 3.8) is 0 Å². The number of thiophene rings is 1. The lowest BCUT2D eigenvalue weighted by Crippen LogP contribution is -2.32. The highest BCUT2D eigenvalue weighted by atomic mass is 32.2. The minimum atomic E-state index is -3.14. The molecular formula is C9H12N2O5S2. The van der Waals surface area contributed by atoms with Crippen molar-refractivity contribution in [2.75, 3.05) is 23.9 Å². The average molecular weight is 292 g/mol. The molecule has 0 aliphatic heterocycles. The van der Waals surface area contributed by atoms with Crippen LogP contribution in [-0.2, 0) is 9.84 Å². The molecule has 0 atom stereocenters. The highest BCUT2D eigenvalue weighted by molar-refractivity contribution is 7.90. The number of carboxylic acids is 1. The predicted molar refractivity (Wildman–Crippen MR) is 68.0 cm³/mol. The second-order valence-electron chi connectivity index (χ2n) is 3.48. The first-order valence-corrected chi connectivity index (χ1v) is 7.77. The summed E-state index contributed by atoms with van der Waals surface area (Å²) in [5.41, 5.74) is -0.00161. The molecular weight excluding hydrogens is 280 g/mol. The van der Waals surface area contributed by atoms with Crippen LogP contribution in [0.1, 0.15) is 10.4 Å². The van der Waals surface area contributed by atoms with Gasteiger partial charge < -0.3 is 10.4 Å². The lowest BCUT2D eigenvalue weighted by molar-refractivity contribution is 0.0698. The van der Waals surface area contributed by atoms with E-state index in [1.54, 1.807) is 0 Å². The normalized spacial score (nSPS) is 10.9. The minimum Gasteiger partial charge on any atom is -0.478 e. The molecule has 9 heteroatoms. The largest absolute Gasteiger partial charge is 0.478 e. The van der Waals surface area contributed by atoms with Crippen LogP contribution in [0.15, 0.2) is 11.4 Å². The summed E-state index contributed by atoms with van der Waals surface area (Å²) < 4.78 is 21.7. The topological polar surface area (TPSA) is 113 Å². The molecule has 2 amide bonds. The third kappa shape index (κ3) is 4.72. The minimum absolute atomic E-state index is 0.00161. The number of carbonyl (C=O) groups is 2. The van der Waals surface area contributed by atoms with Gasteiger partial charge in [-0.05, 0) is 11.4 Å². The van der Waals surface area contributed by atoms with E-state index in [1.807, 2.05) is 0 Å². The number of aromatic carboxylic acids is 1. The summed E-state index contributed by atoms with van der Waals surface area (Å²) in [5, 5.41) is 15.2. The first-order chi connectivity index (χ1) is 8.29. The fourth-order valence-corrected chi connectivity index (χ4v) is 2.32. The highest BCUT2D eigenvalue weighted by Crippen LogP contribution is 2.22. The molecule has 1 aromatic rings. The zero-order valence-corrected chi connectivity index (χ0v) is 11.1. The van der Waals surface area contributed by atoms with Crippen LogP contribution in [-0.4, -0.2) is 44.1 Å². The number of anilines is 1. The van der Waals surface area contributed by atoms with Crippen molar-refractivity contribution >= 4 is 38.2 Å². The third-order valence-corrected chi connectivity index (χ3v) is 3.66. The molecule has 0 aromatic carbocycles. The van der Waals surface area contributed by atoms with Gasteiger partial charge in [-0.15, -0.1) is 11.3 Å². The molecule has 7 nitrogen and oxygen atoms in total. The molecule has 0 saturated carbocycles. The maximum atomic E-state index is 11.4. The van der Waals surface area contributed by atoms with E-state index < -0.39 is 21.8 Å². The smallest absolute Gasteiger partial charge is 0.338 e. The van der Waals surface area contributed by atoms with E-state index in [1.165, 1.54) is 11.4 Å². The number of hydrogen-bond acceptors (Lipinski definition) is 5. The number of hydrogen-bond donors (Lipinski definition) is 3. The molecule has 0 radical (unpaired) electrons. The number of sulfone groups is 1. The van der Waals surface area contributed by atoms with Crippen LogP contribution in [0.25, 0.3) is 0 Å². The Labute approximate surface area is 108 Å². The van der Waals surface area contributed by atoms with Crippen LogP contribution in [0.3, 0.4) is 0 Å². The van der Waals surface area contributed by atoms with Crippen LogP contribution in [0.4, 0.5) is 9.80 Å². The van der Waals surface area contributed by atoms with E-state index in [0.717, 1.165) is 17.6 Å². The molecule has 100 valence electrons. The van der Waals surface area contributed by atoms with Gasteiger partial charge in [0, 0.05) is 12.8 Å². The predicted octanol–water partition coefficient (Wildman–Crippen LogP) is 0.612. The van der Waals surface area contributed by atoms with Gasteiger partial charge in [-0.3, -0.25) is 5.32 Å². The molecule has 0 aliphatic carbocycles. The first kappa shape index (κ1) is 14.5. The quantitative estimate of drug-likeness (QED) is 0.736. The molecule has 3 N–H and O–H groups in total. The monoisotopic (exact) mass is 292 g/mol. The molecule has 18 heavy (non-hydrogen) atoms. The van der Waals surface area contributed by atoms with Gasteiger partial charge >= 0.3 is 12.0 Å². The van der Waals surface area contributed by atoms with Crippen LogP contribution >= 0.6 is 11.3 Å². The average Bonchev–Trinajstić information content (AvgIpc) is 2.63. The Morgan fingerprint density at radius 2 is 2.11 bits per heavy atom. The second-order valence-corrected chi connectivity index (χ2v) is 6.66. The molecule has 0 spiro atoms. The van der Waals surface area contributed by atoms with E-state index >= 15 is 0 Å². The molecule has 1 aromatic heterocycles. The fourth-order valence-electron chi connectivity index (χ4n) is 1.07. The van der Waals surface area contributed by atoms with Crippen molar-refractivity contribution in [2.24, 2.45) is 0 Å². The molecule has 0 bridgehead atoms. The van der Waals surface area contributed by atoms with Crippen molar-refractivity contribution in [1.82, 2.24) is 5.32 Å². The van der Waals surface area contributed by atoms with Gasteiger partial charge in [0.1, 0.15) is 14.8 Å². The summed E-state index contributed by atoms with van der Waals surface area (Å²) in [6.07, 6.45) is 1.06. The van der Waals surface area contributed by atoms with Crippen LogP contribution in [0.2, 0.25) is 0 Å². The van der Waals surface area contributed by atoms with E-state index in [-0.39, 0.29) is 22.9 Å². The lowest BCUT2D eigenvalue weighted by Gasteiger charge is -2.06. The zero-order valence-electron chi connectivity index (χ0n) is 9.47. The van der Waals surface area contributed by atoms with E-state index in [4.69, 9.17) is 5.11 Å². The molecule has 1 heterocycles. The number of rotatable bonds is 5. The van der Waals surface area contributed by atoms with E-state index in [2.05, 4.69) is 10.6 Å². The summed E-state index contributed by atoms with van der Waals surface area (Å²) in [7, 11) is -3.14. The highest BCUT2D eigenvalue weighted by Gasteiger charge is 2.13. The van der Waals surface area contributed by atoms with Crippen LogP contribution in [0, 0.1) is 0 Å². The first-order valence-electron chi connectivity index (χ1n) is 4.83. The molecule has 0 aliphatic rings. The van der Waals surface area contributed by atoms with E-state index in [9.17, 15) is 18.0 Å². The van der Waals surface area contributed by atoms with Crippen molar-refractivity contribution in [1.29, 1.82) is 0 Å². The summed E-state index contributed by atoms with van der Waals surface area (Å²) in [5.74, 6) is -1.31. The van der Waals surface area contributed by atoms with Crippen LogP contribution in [0.5, 0.6) is 0 Å². The Bertz CT molecular complexity index is 549. The van der Waals surface area contributed by atoms with Crippen LogP contribution < -0.4 is 10.6 Å². The Balaban J connectivity index is 2.50. The molecule has 0 unspecified atom stereocenters. The van der Waals surface area contributed by atoms with Gasteiger partial charge in [0.05, 0.1) is 11.3 Å². The molecule has 0 fully saturated rings. The number of urea groups is 1. The number of amides is 2. The SMILES string of the molecule is CS(=O)(=O)CCNC(=O)Nc1sccc1C(=O)O. The number of nitrogens with one attached hydrogen (secondary N) is 2. The van der Waals surface area contributed by atoms with Crippen molar-refractivity contribution in [3.8, 4) is 0 Å². The van der Waals surface area contributed by atoms with Crippen molar-refractivity contribution in [3.05, 3.63) is 17.0 Å². The Kier molecular flexibility index (Phi) is 4.68. The summed E-state index contributed by atoms with van der Waals surface area (Å²) in [6, 6.07) is 0.739. The molecule has 0 saturated heterocycles. The van der Waals surface area contributed by atoms with Gasteiger partial charge in [0.25, 0.3) is 0 Å². The maximum absolute atomic E-state index is 11.4. The number of carbonyl (C=O) groups excluding carboxylic acids is 1. The van der Waals surface area contributed by atoms with Gasteiger partial charge in [-0.1, -0.05) is 0 Å². The Morgan fingerprint density at radius 1 is 1.44 bits per heavy atom. The maximum Gasteiger partial charge on any atom is 0.338 e. The summed E-state index contributed by atoms with van der Waals surface area (Å²) in [6.45, 7) is -0.0293. The Hall–Kier alpha value is -1.61. The van der Waals surface area contributed by atoms with Gasteiger partial charge in [0.2, 0.25) is 0 Å². The third-order valence-electron chi connectivity index (χ3n) is 1.88. The number of carboxylic acid groups (broad SMARTS) is 1. The standard InChI is InChI=1S/C9H12N2O5S2/c1-18(15,16)5-3-10-9(14)11-7-6(8(12)13)2-4-17-7/h2,4H,3,5H2,1H3,(H,12,13)(H2,10,11,14). The van der Waals surface area contributed by atoms with E-state index in [0.29, 0.717) is 0 Å². The van der Waals surface area contributed by atoms with Crippen molar-refractivity contribution < 1.29 is 23.1 Å². The molecule has 1 rings (SSSR count). The van der Waals surface area contributed by atoms with Crippen molar-refractivity contribution in [2.45, 2.75) is 0 Å². The fraction of sp³-hybridized carbons (Fsp3) is 0.333. The van der Waals surface area contributed by atoms with Gasteiger partial charge in [0.15, 0.2) is 0 Å². The second kappa shape index (κ2) is 5.83. The van der Waals surface area contributed by atoms with Gasteiger partial charge in [-0.2, -0.15) is 0 Å². The summed E-state index contributed by atoms with van der Waals surface area (Å²) in [4.78, 5) is 22.1.